The molecule has 1 rings (SSSR count). The molecule has 0 spiro atoms. The molecule has 10 heteroatoms. The van der Waals surface area contributed by atoms with Gasteiger partial charge in [-0.25, -0.2) is 4.79 Å². The number of alkyl carbamates (subject to hydrolysis) is 1. The van der Waals surface area contributed by atoms with E-state index in [1.54, 1.807) is 7.05 Å². The van der Waals surface area contributed by atoms with Crippen molar-refractivity contribution in [1.82, 2.24) is 21.3 Å². The molecule has 0 aromatic heterocycles. The number of ether oxygens (including phenoxy) is 2. The number of amides is 4. The molecule has 4 N–H and O–H groups in total. The summed E-state index contributed by atoms with van der Waals surface area (Å²) in [4.78, 5) is 45.6. The average molecular weight is 422 g/mol. The molecule has 30 heavy (non-hydrogen) atoms. The van der Waals surface area contributed by atoms with Crippen molar-refractivity contribution in [2.45, 2.75) is 25.8 Å². The molecular weight excluding hydrogens is 392 g/mol. The van der Waals surface area contributed by atoms with Crippen molar-refractivity contribution in [3.8, 4) is 0 Å². The zero-order chi connectivity index (χ0) is 22.2. The van der Waals surface area contributed by atoms with Gasteiger partial charge in [-0.3, -0.25) is 14.4 Å². The van der Waals surface area contributed by atoms with Crippen molar-refractivity contribution in [2.24, 2.45) is 0 Å². The highest BCUT2D eigenvalue weighted by atomic mass is 16.5. The normalized spacial score (nSPS) is 10.1. The number of nitrogens with one attached hydrogen (secondary N) is 4. The third-order valence-electron chi connectivity index (χ3n) is 3.93. The van der Waals surface area contributed by atoms with E-state index in [0.29, 0.717) is 26.1 Å². The summed E-state index contributed by atoms with van der Waals surface area (Å²) in [5, 5.41) is 10.3. The minimum absolute atomic E-state index is 0.0751. The lowest BCUT2D eigenvalue weighted by Gasteiger charge is -2.08. The van der Waals surface area contributed by atoms with Gasteiger partial charge in [-0.15, -0.1) is 0 Å². The Morgan fingerprint density at radius 2 is 1.53 bits per heavy atom. The summed E-state index contributed by atoms with van der Waals surface area (Å²) in [6, 6.07) is 7.32. The van der Waals surface area contributed by atoms with Crippen LogP contribution in [0.2, 0.25) is 0 Å². The van der Waals surface area contributed by atoms with Crippen molar-refractivity contribution < 1.29 is 28.7 Å². The summed E-state index contributed by atoms with van der Waals surface area (Å²) >= 11 is 0. The van der Waals surface area contributed by atoms with E-state index in [1.165, 1.54) is 7.05 Å². The maximum absolute atomic E-state index is 11.9. The lowest BCUT2D eigenvalue weighted by atomic mass is 10.1. The standard InChI is InChI=1S/C20H30N4O6/c1-21-17(25)8-9-23-18(26)12-15-4-6-16(7-5-15)13-24-19(27)14-29-10-3-11-30-20(28)22-2/h4-7H,3,8-14H2,1-2H3,(H,21,25)(H,22,28)(H,23,26)(H,24,27). The number of carbonyl (C=O) groups excluding carboxylic acids is 4. The van der Waals surface area contributed by atoms with Crippen molar-refractivity contribution in [2.75, 3.05) is 40.5 Å². The highest BCUT2D eigenvalue weighted by molar-refractivity contribution is 5.80. The highest BCUT2D eigenvalue weighted by Gasteiger charge is 2.06. The van der Waals surface area contributed by atoms with Crippen LogP contribution in [0.4, 0.5) is 4.79 Å². The van der Waals surface area contributed by atoms with Gasteiger partial charge >= 0.3 is 6.09 Å². The molecule has 10 nitrogen and oxygen atoms in total. The number of hydrogen-bond donors (Lipinski definition) is 4. The molecule has 0 aliphatic rings. The van der Waals surface area contributed by atoms with Crippen LogP contribution in [-0.4, -0.2) is 64.3 Å². The molecular formula is C20H30N4O6. The summed E-state index contributed by atoms with van der Waals surface area (Å²) < 4.78 is 10.0. The summed E-state index contributed by atoms with van der Waals surface area (Å²) in [6.45, 7) is 1.10. The second-order valence-corrected chi connectivity index (χ2v) is 6.34. The van der Waals surface area contributed by atoms with Crippen LogP contribution in [0.25, 0.3) is 0 Å². The first-order valence-electron chi connectivity index (χ1n) is 9.68. The molecule has 0 bridgehead atoms. The Labute approximate surface area is 176 Å². The Balaban J connectivity index is 2.18. The first-order chi connectivity index (χ1) is 14.4. The quantitative estimate of drug-likeness (QED) is 0.327. The Morgan fingerprint density at radius 1 is 0.833 bits per heavy atom. The topological polar surface area (TPSA) is 135 Å². The Kier molecular flexibility index (Phi) is 12.3. The Hall–Kier alpha value is -3.14. The van der Waals surface area contributed by atoms with E-state index in [9.17, 15) is 19.2 Å². The summed E-state index contributed by atoms with van der Waals surface area (Å²) in [6.07, 6.45) is 0.466. The van der Waals surface area contributed by atoms with Gasteiger partial charge in [0.25, 0.3) is 0 Å². The van der Waals surface area contributed by atoms with Gasteiger partial charge < -0.3 is 30.7 Å². The van der Waals surface area contributed by atoms with Crippen LogP contribution in [-0.2, 0) is 36.8 Å². The monoisotopic (exact) mass is 422 g/mol. The molecule has 166 valence electrons. The summed E-state index contributed by atoms with van der Waals surface area (Å²) in [7, 11) is 3.03. The third-order valence-corrected chi connectivity index (χ3v) is 3.93. The maximum Gasteiger partial charge on any atom is 0.406 e. The molecule has 0 radical (unpaired) electrons. The van der Waals surface area contributed by atoms with Gasteiger partial charge in [0.05, 0.1) is 19.6 Å². The molecule has 0 atom stereocenters. The lowest BCUT2D eigenvalue weighted by molar-refractivity contribution is -0.126. The van der Waals surface area contributed by atoms with Crippen molar-refractivity contribution in [3.05, 3.63) is 35.4 Å². The van der Waals surface area contributed by atoms with Crippen LogP contribution < -0.4 is 21.3 Å². The fourth-order valence-corrected chi connectivity index (χ4v) is 2.28. The van der Waals surface area contributed by atoms with Crippen molar-refractivity contribution >= 4 is 23.8 Å². The molecule has 0 fully saturated rings. The van der Waals surface area contributed by atoms with Gasteiger partial charge in [0.2, 0.25) is 17.7 Å². The molecule has 1 aromatic carbocycles. The molecule has 0 saturated heterocycles. The van der Waals surface area contributed by atoms with Gasteiger partial charge in [-0.1, -0.05) is 24.3 Å². The van der Waals surface area contributed by atoms with E-state index in [2.05, 4.69) is 21.3 Å². The van der Waals surface area contributed by atoms with E-state index in [1.807, 2.05) is 24.3 Å². The van der Waals surface area contributed by atoms with Crippen LogP contribution >= 0.6 is 0 Å². The molecule has 4 amide bonds. The van der Waals surface area contributed by atoms with Crippen molar-refractivity contribution in [1.29, 1.82) is 0 Å². The van der Waals surface area contributed by atoms with Crippen LogP contribution in [0.1, 0.15) is 24.0 Å². The predicted octanol–water partition coefficient (Wildman–Crippen LogP) is -0.140. The first kappa shape index (κ1) is 24.9. The van der Waals surface area contributed by atoms with Gasteiger partial charge in [0.1, 0.15) is 6.61 Å². The van der Waals surface area contributed by atoms with Crippen LogP contribution in [0, 0.1) is 0 Å². The maximum atomic E-state index is 11.9. The molecule has 0 heterocycles. The van der Waals surface area contributed by atoms with Gasteiger partial charge in [0.15, 0.2) is 0 Å². The van der Waals surface area contributed by atoms with Crippen LogP contribution in [0.15, 0.2) is 24.3 Å². The molecule has 1 aromatic rings. The zero-order valence-corrected chi connectivity index (χ0v) is 17.4. The van der Waals surface area contributed by atoms with Crippen LogP contribution in [0.5, 0.6) is 0 Å². The smallest absolute Gasteiger partial charge is 0.406 e. The summed E-state index contributed by atoms with van der Waals surface area (Å²) in [5.41, 5.74) is 1.73. The van der Waals surface area contributed by atoms with E-state index in [-0.39, 0.29) is 43.8 Å². The van der Waals surface area contributed by atoms with E-state index >= 15 is 0 Å². The van der Waals surface area contributed by atoms with E-state index in [0.717, 1.165) is 11.1 Å². The lowest BCUT2D eigenvalue weighted by Crippen LogP contribution is -2.30. The van der Waals surface area contributed by atoms with Gasteiger partial charge in [-0.05, 0) is 11.1 Å². The minimum Gasteiger partial charge on any atom is -0.449 e. The SMILES string of the molecule is CNC(=O)CCNC(=O)Cc1ccc(CNC(=O)COCCCOC(=O)NC)cc1. The molecule has 0 unspecified atom stereocenters. The fraction of sp³-hybridized carbons (Fsp3) is 0.500. The minimum atomic E-state index is -0.500. The first-order valence-corrected chi connectivity index (χ1v) is 9.68. The summed E-state index contributed by atoms with van der Waals surface area (Å²) in [5.74, 6) is -0.526. The second-order valence-electron chi connectivity index (χ2n) is 6.34. The van der Waals surface area contributed by atoms with Gasteiger partial charge in [-0.2, -0.15) is 0 Å². The molecule has 0 aliphatic carbocycles. The largest absolute Gasteiger partial charge is 0.449 e. The van der Waals surface area contributed by atoms with Crippen LogP contribution in [0.3, 0.4) is 0 Å². The number of hydrogen-bond acceptors (Lipinski definition) is 6. The number of rotatable bonds is 13. The molecule has 0 aliphatic heterocycles. The Bertz CT molecular complexity index is 693. The Morgan fingerprint density at radius 3 is 2.20 bits per heavy atom. The van der Waals surface area contributed by atoms with E-state index in [4.69, 9.17) is 9.47 Å². The molecule has 0 saturated carbocycles. The highest BCUT2D eigenvalue weighted by Crippen LogP contribution is 2.05. The van der Waals surface area contributed by atoms with Crippen molar-refractivity contribution in [3.63, 3.8) is 0 Å². The predicted molar refractivity (Wildman–Crippen MR) is 110 cm³/mol. The van der Waals surface area contributed by atoms with Gasteiger partial charge in [0, 0.05) is 40.0 Å². The van der Waals surface area contributed by atoms with E-state index < -0.39 is 6.09 Å². The number of carbonyl (C=O) groups is 4. The zero-order valence-electron chi connectivity index (χ0n) is 17.4. The second kappa shape index (κ2) is 14.8. The average Bonchev–Trinajstić information content (AvgIpc) is 2.75. The fourth-order valence-electron chi connectivity index (χ4n) is 2.28. The third kappa shape index (κ3) is 11.6. The number of benzene rings is 1.